The summed E-state index contributed by atoms with van der Waals surface area (Å²) in [6, 6.07) is 7.53. The van der Waals surface area contributed by atoms with Gasteiger partial charge in [-0.25, -0.2) is 13.1 Å². The van der Waals surface area contributed by atoms with Crippen LogP contribution in [0.4, 0.5) is 0 Å². The maximum atomic E-state index is 12.0. The number of nitriles is 1. The highest BCUT2D eigenvalue weighted by Gasteiger charge is 2.23. The summed E-state index contributed by atoms with van der Waals surface area (Å²) in [6.07, 6.45) is 1.84. The van der Waals surface area contributed by atoms with E-state index in [4.69, 9.17) is 5.26 Å². The van der Waals surface area contributed by atoms with Crippen molar-refractivity contribution in [3.8, 4) is 6.07 Å². The molecule has 1 aromatic rings. The Hall–Kier alpha value is -1.07. The van der Waals surface area contributed by atoms with Crippen LogP contribution in [0.15, 0.2) is 29.2 Å². The van der Waals surface area contributed by atoms with Gasteiger partial charge in [0, 0.05) is 12.3 Å². The van der Waals surface area contributed by atoms with Crippen molar-refractivity contribution in [1.82, 2.24) is 4.72 Å². The number of sulfonamides is 1. The molecule has 0 saturated heterocycles. The average Bonchev–Trinajstić information content (AvgIpc) is 2.37. The lowest BCUT2D eigenvalue weighted by molar-refractivity contribution is 0.0908. The zero-order chi connectivity index (χ0) is 14.5. The van der Waals surface area contributed by atoms with E-state index in [1.165, 1.54) is 36.0 Å². The standard InChI is InChI=1S/C12H16N2O3S2/c1-12(15,9-18-2)8-14-19(16,17)11-5-3-10(7-13)4-6-11/h3-6,14-15H,8-9H2,1-2H3. The first-order valence-corrected chi connectivity index (χ1v) is 8.39. The van der Waals surface area contributed by atoms with Crippen LogP contribution in [0.25, 0.3) is 0 Å². The lowest BCUT2D eigenvalue weighted by Crippen LogP contribution is -2.42. The van der Waals surface area contributed by atoms with Gasteiger partial charge in [0.2, 0.25) is 10.0 Å². The Morgan fingerprint density at radius 2 is 2.00 bits per heavy atom. The first-order valence-electron chi connectivity index (χ1n) is 5.52. The van der Waals surface area contributed by atoms with Gasteiger partial charge in [0.1, 0.15) is 0 Å². The van der Waals surface area contributed by atoms with E-state index in [9.17, 15) is 13.5 Å². The van der Waals surface area contributed by atoms with Gasteiger partial charge in [-0.2, -0.15) is 17.0 Å². The Kier molecular flexibility index (Phi) is 5.38. The van der Waals surface area contributed by atoms with Crippen LogP contribution in [-0.4, -0.2) is 37.7 Å². The summed E-state index contributed by atoms with van der Waals surface area (Å²) >= 11 is 1.44. The summed E-state index contributed by atoms with van der Waals surface area (Å²) < 4.78 is 26.3. The second-order valence-electron chi connectivity index (χ2n) is 4.39. The monoisotopic (exact) mass is 300 g/mol. The molecule has 0 aliphatic carbocycles. The molecule has 0 aliphatic heterocycles. The van der Waals surface area contributed by atoms with E-state index in [0.717, 1.165) is 0 Å². The van der Waals surface area contributed by atoms with E-state index < -0.39 is 15.6 Å². The Morgan fingerprint density at radius 3 is 2.47 bits per heavy atom. The summed E-state index contributed by atoms with van der Waals surface area (Å²) in [5, 5.41) is 18.6. The van der Waals surface area contributed by atoms with E-state index in [2.05, 4.69) is 4.72 Å². The lowest BCUT2D eigenvalue weighted by atomic mass is 10.1. The Labute approximate surface area is 117 Å². The Morgan fingerprint density at radius 1 is 1.42 bits per heavy atom. The Balaban J connectivity index is 2.79. The third-order valence-electron chi connectivity index (χ3n) is 2.39. The number of nitrogens with zero attached hydrogens (tertiary/aromatic N) is 1. The summed E-state index contributed by atoms with van der Waals surface area (Å²) in [7, 11) is -3.67. The van der Waals surface area contributed by atoms with Crippen molar-refractivity contribution in [2.75, 3.05) is 18.6 Å². The molecule has 104 valence electrons. The van der Waals surface area contributed by atoms with Crippen LogP contribution in [0.1, 0.15) is 12.5 Å². The van der Waals surface area contributed by atoms with Crippen molar-refractivity contribution in [1.29, 1.82) is 5.26 Å². The molecule has 0 radical (unpaired) electrons. The summed E-state index contributed by atoms with van der Waals surface area (Å²) in [5.41, 5.74) is -0.702. The maximum absolute atomic E-state index is 12.0. The number of benzene rings is 1. The van der Waals surface area contributed by atoms with Gasteiger partial charge >= 0.3 is 0 Å². The van der Waals surface area contributed by atoms with Crippen LogP contribution < -0.4 is 4.72 Å². The van der Waals surface area contributed by atoms with Crippen molar-refractivity contribution in [3.05, 3.63) is 29.8 Å². The van der Waals surface area contributed by atoms with Gasteiger partial charge in [-0.3, -0.25) is 0 Å². The molecular formula is C12H16N2O3S2. The number of aliphatic hydroxyl groups is 1. The van der Waals surface area contributed by atoms with Crippen LogP contribution in [0.3, 0.4) is 0 Å². The van der Waals surface area contributed by atoms with Crippen LogP contribution in [0.5, 0.6) is 0 Å². The molecule has 5 nitrogen and oxygen atoms in total. The quantitative estimate of drug-likeness (QED) is 0.816. The second-order valence-corrected chi connectivity index (χ2v) is 7.02. The van der Waals surface area contributed by atoms with E-state index in [1.54, 1.807) is 6.92 Å². The molecule has 1 rings (SSSR count). The van der Waals surface area contributed by atoms with Crippen LogP contribution >= 0.6 is 11.8 Å². The highest BCUT2D eigenvalue weighted by atomic mass is 32.2. The van der Waals surface area contributed by atoms with Crippen LogP contribution in [0, 0.1) is 11.3 Å². The van der Waals surface area contributed by atoms with Gasteiger partial charge in [0.15, 0.2) is 0 Å². The number of rotatable bonds is 6. The van der Waals surface area contributed by atoms with Gasteiger partial charge in [-0.1, -0.05) is 0 Å². The van der Waals surface area contributed by atoms with Crippen molar-refractivity contribution in [3.63, 3.8) is 0 Å². The fourth-order valence-electron chi connectivity index (χ4n) is 1.40. The largest absolute Gasteiger partial charge is 0.388 e. The highest BCUT2D eigenvalue weighted by Crippen LogP contribution is 2.13. The van der Waals surface area contributed by atoms with E-state index in [0.29, 0.717) is 11.3 Å². The van der Waals surface area contributed by atoms with E-state index >= 15 is 0 Å². The van der Waals surface area contributed by atoms with Crippen molar-refractivity contribution in [2.45, 2.75) is 17.4 Å². The van der Waals surface area contributed by atoms with Gasteiger partial charge in [-0.05, 0) is 37.4 Å². The molecule has 0 aliphatic rings. The molecule has 1 atom stereocenters. The molecule has 0 spiro atoms. The molecule has 0 aromatic heterocycles. The zero-order valence-electron chi connectivity index (χ0n) is 10.8. The van der Waals surface area contributed by atoms with Crippen LogP contribution in [0.2, 0.25) is 0 Å². The third-order valence-corrected chi connectivity index (χ3v) is 4.72. The molecule has 0 heterocycles. The smallest absolute Gasteiger partial charge is 0.240 e. The van der Waals surface area contributed by atoms with Gasteiger partial charge in [0.25, 0.3) is 0 Å². The molecule has 0 amide bonds. The molecule has 2 N–H and O–H groups in total. The molecule has 0 saturated carbocycles. The SMILES string of the molecule is CSCC(C)(O)CNS(=O)(=O)c1ccc(C#N)cc1. The van der Waals surface area contributed by atoms with E-state index in [-0.39, 0.29) is 11.4 Å². The fraction of sp³-hybridized carbons (Fsp3) is 0.417. The normalized spacial score (nSPS) is 14.6. The summed E-state index contributed by atoms with van der Waals surface area (Å²) in [5.74, 6) is 0.433. The predicted molar refractivity (Wildman–Crippen MR) is 75.4 cm³/mol. The molecule has 19 heavy (non-hydrogen) atoms. The van der Waals surface area contributed by atoms with Gasteiger partial charge in [0.05, 0.1) is 22.1 Å². The molecule has 7 heteroatoms. The van der Waals surface area contributed by atoms with Crippen molar-refractivity contribution >= 4 is 21.8 Å². The van der Waals surface area contributed by atoms with Crippen molar-refractivity contribution < 1.29 is 13.5 Å². The Bertz CT molecular complexity index is 560. The first-order chi connectivity index (χ1) is 8.80. The number of hydrogen-bond acceptors (Lipinski definition) is 5. The molecule has 0 bridgehead atoms. The van der Waals surface area contributed by atoms with Crippen LogP contribution in [-0.2, 0) is 10.0 Å². The van der Waals surface area contributed by atoms with Gasteiger partial charge < -0.3 is 5.11 Å². The van der Waals surface area contributed by atoms with Gasteiger partial charge in [-0.15, -0.1) is 0 Å². The second kappa shape index (κ2) is 6.39. The summed E-state index contributed by atoms with van der Waals surface area (Å²) in [4.78, 5) is 0.0754. The zero-order valence-corrected chi connectivity index (χ0v) is 12.4. The lowest BCUT2D eigenvalue weighted by Gasteiger charge is -2.22. The predicted octanol–water partition coefficient (Wildman–Crippen LogP) is 0.951. The van der Waals surface area contributed by atoms with Crippen molar-refractivity contribution in [2.24, 2.45) is 0 Å². The molecular weight excluding hydrogens is 284 g/mol. The molecule has 1 aromatic carbocycles. The fourth-order valence-corrected chi connectivity index (χ4v) is 3.29. The third kappa shape index (κ3) is 4.84. The minimum absolute atomic E-state index is 0.0594. The average molecular weight is 300 g/mol. The maximum Gasteiger partial charge on any atom is 0.240 e. The minimum Gasteiger partial charge on any atom is -0.388 e. The summed E-state index contributed by atoms with van der Waals surface area (Å²) in [6.45, 7) is 1.51. The highest BCUT2D eigenvalue weighted by molar-refractivity contribution is 7.98. The topological polar surface area (TPSA) is 90.2 Å². The van der Waals surface area contributed by atoms with E-state index in [1.807, 2.05) is 12.3 Å². The first kappa shape index (κ1) is 16.0. The minimum atomic E-state index is -3.67. The number of thioether (sulfide) groups is 1. The molecule has 0 fully saturated rings. The number of nitrogens with one attached hydrogen (secondary N) is 1. The number of hydrogen-bond donors (Lipinski definition) is 2. The molecule has 1 unspecified atom stereocenters.